The molecule has 3 nitrogen and oxygen atoms in total. The maximum atomic E-state index is 12.6. The summed E-state index contributed by atoms with van der Waals surface area (Å²) in [5.41, 5.74) is -0.300. The van der Waals surface area contributed by atoms with Gasteiger partial charge in [-0.05, 0) is 18.2 Å². The van der Waals surface area contributed by atoms with Crippen molar-refractivity contribution in [1.29, 1.82) is 5.26 Å². The van der Waals surface area contributed by atoms with E-state index < -0.39 is 18.0 Å². The fraction of sp³-hybridized carbons (Fsp3) is 0.200. The highest BCUT2D eigenvalue weighted by Crippen LogP contribution is 2.36. The maximum Gasteiger partial charge on any atom is 0.463 e. The van der Waals surface area contributed by atoms with Crippen LogP contribution >= 0.6 is 0 Å². The van der Waals surface area contributed by atoms with Gasteiger partial charge < -0.3 is 5.32 Å². The van der Waals surface area contributed by atoms with Gasteiger partial charge in [0.15, 0.2) is 0 Å². The molecule has 0 atom stereocenters. The lowest BCUT2D eigenvalue weighted by Crippen LogP contribution is -2.47. The second-order valence-corrected chi connectivity index (χ2v) is 3.22. The third-order valence-corrected chi connectivity index (χ3v) is 1.89. The highest BCUT2D eigenvalue weighted by molar-refractivity contribution is 5.96. The van der Waals surface area contributed by atoms with Crippen LogP contribution in [0, 0.1) is 11.3 Å². The SMILES string of the molecule is N#Cc1cccc(NC(=O)C(F)(F)C(F)(F)F)c1. The van der Waals surface area contributed by atoms with Crippen LogP contribution in [-0.4, -0.2) is 18.0 Å². The largest absolute Gasteiger partial charge is 0.463 e. The van der Waals surface area contributed by atoms with E-state index in [0.29, 0.717) is 0 Å². The minimum atomic E-state index is -5.97. The molecule has 1 aromatic carbocycles. The highest BCUT2D eigenvalue weighted by Gasteiger charge is 2.63. The van der Waals surface area contributed by atoms with E-state index in [1.165, 1.54) is 17.4 Å². The summed E-state index contributed by atoms with van der Waals surface area (Å²) in [6, 6.07) is 6.25. The molecular formula is C10H5F5N2O. The van der Waals surface area contributed by atoms with Crippen molar-refractivity contribution in [1.82, 2.24) is 0 Å². The number of rotatable bonds is 2. The highest BCUT2D eigenvalue weighted by atomic mass is 19.4. The number of alkyl halides is 5. The van der Waals surface area contributed by atoms with E-state index in [1.54, 1.807) is 6.07 Å². The first-order chi connectivity index (χ1) is 8.18. The Kier molecular flexibility index (Phi) is 3.55. The van der Waals surface area contributed by atoms with Gasteiger partial charge in [-0.1, -0.05) is 6.07 Å². The van der Waals surface area contributed by atoms with Crippen LogP contribution in [0.4, 0.5) is 27.6 Å². The van der Waals surface area contributed by atoms with E-state index in [-0.39, 0.29) is 11.3 Å². The summed E-state index contributed by atoms with van der Waals surface area (Å²) < 4.78 is 60.8. The van der Waals surface area contributed by atoms with Crippen LogP contribution in [0.25, 0.3) is 0 Å². The topological polar surface area (TPSA) is 52.9 Å². The second-order valence-electron chi connectivity index (χ2n) is 3.22. The van der Waals surface area contributed by atoms with Crippen molar-refractivity contribution in [2.45, 2.75) is 12.1 Å². The number of nitrogens with zero attached hydrogens (tertiary/aromatic N) is 1. The number of halogens is 5. The lowest BCUT2D eigenvalue weighted by Gasteiger charge is -2.18. The number of nitrogens with one attached hydrogen (secondary N) is 1. The third kappa shape index (κ3) is 2.74. The van der Waals surface area contributed by atoms with Crippen LogP contribution in [0.3, 0.4) is 0 Å². The molecule has 0 aliphatic heterocycles. The van der Waals surface area contributed by atoms with Gasteiger partial charge in [0.1, 0.15) is 0 Å². The summed E-state index contributed by atoms with van der Waals surface area (Å²) in [6.07, 6.45) is -5.97. The van der Waals surface area contributed by atoms with E-state index in [9.17, 15) is 26.7 Å². The van der Waals surface area contributed by atoms with E-state index in [0.717, 1.165) is 12.1 Å². The monoisotopic (exact) mass is 264 g/mol. The Labute approximate surface area is 97.8 Å². The average molecular weight is 264 g/mol. The molecule has 0 radical (unpaired) electrons. The van der Waals surface area contributed by atoms with E-state index in [2.05, 4.69) is 0 Å². The number of amides is 1. The van der Waals surface area contributed by atoms with Crippen molar-refractivity contribution in [2.24, 2.45) is 0 Å². The predicted molar refractivity (Wildman–Crippen MR) is 50.8 cm³/mol. The van der Waals surface area contributed by atoms with Gasteiger partial charge in [-0.25, -0.2) is 0 Å². The van der Waals surface area contributed by atoms with Gasteiger partial charge in [-0.15, -0.1) is 0 Å². The quantitative estimate of drug-likeness (QED) is 0.835. The standard InChI is InChI=1S/C10H5F5N2O/c11-9(12,10(13,14)15)8(18)17-7-3-1-2-6(4-7)5-16/h1-4H,(H,17,18). The Hall–Kier alpha value is -2.17. The van der Waals surface area contributed by atoms with Gasteiger partial charge >= 0.3 is 18.0 Å². The molecule has 1 rings (SSSR count). The zero-order valence-electron chi connectivity index (χ0n) is 8.55. The molecule has 0 saturated carbocycles. The third-order valence-electron chi connectivity index (χ3n) is 1.89. The molecule has 0 heterocycles. The minimum absolute atomic E-state index is 0.0168. The molecule has 1 N–H and O–H groups in total. The Morgan fingerprint density at radius 3 is 2.33 bits per heavy atom. The molecule has 0 fully saturated rings. The van der Waals surface area contributed by atoms with Crippen LogP contribution in [0.1, 0.15) is 5.56 Å². The van der Waals surface area contributed by atoms with Crippen molar-refractivity contribution in [3.63, 3.8) is 0 Å². The van der Waals surface area contributed by atoms with Crippen LogP contribution in [-0.2, 0) is 4.79 Å². The van der Waals surface area contributed by atoms with Gasteiger partial charge in [0.05, 0.1) is 11.6 Å². The molecule has 0 aromatic heterocycles. The molecule has 0 spiro atoms. The first-order valence-corrected chi connectivity index (χ1v) is 4.44. The lowest BCUT2D eigenvalue weighted by atomic mass is 10.2. The Morgan fingerprint density at radius 1 is 1.22 bits per heavy atom. The number of carbonyl (C=O) groups excluding carboxylic acids is 1. The fourth-order valence-corrected chi connectivity index (χ4v) is 1.00. The normalized spacial score (nSPS) is 11.8. The van der Waals surface area contributed by atoms with Gasteiger partial charge in [0.25, 0.3) is 0 Å². The smallest absolute Gasteiger partial charge is 0.320 e. The summed E-state index contributed by atoms with van der Waals surface area (Å²) in [7, 11) is 0. The first kappa shape index (κ1) is 13.9. The summed E-state index contributed by atoms with van der Waals surface area (Å²) in [4.78, 5) is 10.8. The van der Waals surface area contributed by atoms with Crippen LogP contribution < -0.4 is 5.32 Å². The molecule has 0 aliphatic rings. The number of hydrogen-bond acceptors (Lipinski definition) is 2. The van der Waals surface area contributed by atoms with Crippen LogP contribution in [0.5, 0.6) is 0 Å². The Balaban J connectivity index is 2.92. The van der Waals surface area contributed by atoms with E-state index >= 15 is 0 Å². The number of nitriles is 1. The van der Waals surface area contributed by atoms with Gasteiger partial charge in [-0.3, -0.25) is 4.79 Å². The van der Waals surface area contributed by atoms with Crippen LogP contribution in [0.2, 0.25) is 0 Å². The fourth-order valence-electron chi connectivity index (χ4n) is 1.00. The zero-order valence-corrected chi connectivity index (χ0v) is 8.55. The predicted octanol–water partition coefficient (Wildman–Crippen LogP) is 2.69. The summed E-state index contributed by atoms with van der Waals surface area (Å²) in [5.74, 6) is -7.99. The Morgan fingerprint density at radius 2 is 1.83 bits per heavy atom. The van der Waals surface area contributed by atoms with E-state index in [1.807, 2.05) is 0 Å². The molecule has 0 saturated heterocycles. The van der Waals surface area contributed by atoms with E-state index in [4.69, 9.17) is 5.26 Å². The molecular weight excluding hydrogens is 259 g/mol. The molecule has 8 heteroatoms. The van der Waals surface area contributed by atoms with Crippen molar-refractivity contribution in [3.05, 3.63) is 29.8 Å². The summed E-state index contributed by atoms with van der Waals surface area (Å²) in [6.45, 7) is 0. The maximum absolute atomic E-state index is 12.6. The molecule has 96 valence electrons. The zero-order chi connectivity index (χ0) is 14.0. The molecule has 1 amide bonds. The van der Waals surface area contributed by atoms with Gasteiger partial charge in [0, 0.05) is 5.69 Å². The summed E-state index contributed by atoms with van der Waals surface area (Å²) >= 11 is 0. The molecule has 0 unspecified atom stereocenters. The van der Waals surface area contributed by atoms with Crippen molar-refractivity contribution >= 4 is 11.6 Å². The number of anilines is 1. The van der Waals surface area contributed by atoms with Crippen molar-refractivity contribution in [2.75, 3.05) is 5.32 Å². The first-order valence-electron chi connectivity index (χ1n) is 4.44. The van der Waals surface area contributed by atoms with Crippen molar-refractivity contribution in [3.8, 4) is 6.07 Å². The number of carbonyl (C=O) groups is 1. The number of hydrogen-bond donors (Lipinski definition) is 1. The lowest BCUT2D eigenvalue weighted by molar-refractivity contribution is -0.267. The minimum Gasteiger partial charge on any atom is -0.320 e. The van der Waals surface area contributed by atoms with Crippen LogP contribution in [0.15, 0.2) is 24.3 Å². The second kappa shape index (κ2) is 4.60. The van der Waals surface area contributed by atoms with Gasteiger partial charge in [-0.2, -0.15) is 27.2 Å². The summed E-state index contributed by atoms with van der Waals surface area (Å²) in [5, 5.41) is 9.90. The molecule has 0 aliphatic carbocycles. The van der Waals surface area contributed by atoms with Gasteiger partial charge in [0.2, 0.25) is 0 Å². The molecule has 1 aromatic rings. The molecule has 0 bridgehead atoms. The Bertz CT molecular complexity index is 504. The average Bonchev–Trinajstić information content (AvgIpc) is 2.27. The molecule has 18 heavy (non-hydrogen) atoms. The number of benzene rings is 1. The van der Waals surface area contributed by atoms with Crippen molar-refractivity contribution < 1.29 is 26.7 Å².